The van der Waals surface area contributed by atoms with Crippen molar-refractivity contribution in [3.63, 3.8) is 0 Å². The molecule has 2 nitrogen and oxygen atoms in total. The molecule has 1 fully saturated rings. The Kier molecular flexibility index (Phi) is 4.14. The fourth-order valence-corrected chi connectivity index (χ4v) is 2.13. The molecule has 1 aliphatic carbocycles. The van der Waals surface area contributed by atoms with Crippen LogP contribution in [0.4, 0.5) is 10.1 Å². The van der Waals surface area contributed by atoms with Gasteiger partial charge in [-0.15, -0.1) is 0 Å². The van der Waals surface area contributed by atoms with Crippen molar-refractivity contribution in [2.45, 2.75) is 58.2 Å². The van der Waals surface area contributed by atoms with E-state index in [0.717, 1.165) is 17.7 Å². The van der Waals surface area contributed by atoms with E-state index in [0.29, 0.717) is 12.6 Å². The molecule has 0 aliphatic heterocycles. The van der Waals surface area contributed by atoms with Gasteiger partial charge in [-0.25, -0.2) is 4.39 Å². The Morgan fingerprint density at radius 3 is 2.63 bits per heavy atom. The molecule has 3 heteroatoms. The van der Waals surface area contributed by atoms with E-state index in [4.69, 9.17) is 0 Å². The molecular weight excluding hydrogens is 239 g/mol. The SMILES string of the molecule is CCC(C)(C)N(C)c1cccc(F)c1CNC1CC1. The van der Waals surface area contributed by atoms with E-state index in [1.54, 1.807) is 12.1 Å². The number of halogens is 1. The summed E-state index contributed by atoms with van der Waals surface area (Å²) in [5.41, 5.74) is 1.82. The molecule has 0 unspecified atom stereocenters. The number of anilines is 1. The van der Waals surface area contributed by atoms with Gasteiger partial charge in [0.1, 0.15) is 5.82 Å². The smallest absolute Gasteiger partial charge is 0.129 e. The summed E-state index contributed by atoms with van der Waals surface area (Å²) in [4.78, 5) is 2.19. The van der Waals surface area contributed by atoms with Crippen molar-refractivity contribution in [1.82, 2.24) is 5.32 Å². The highest BCUT2D eigenvalue weighted by Gasteiger charge is 2.26. The molecule has 0 aromatic heterocycles. The lowest BCUT2D eigenvalue weighted by Crippen LogP contribution is -2.41. The summed E-state index contributed by atoms with van der Waals surface area (Å²) in [6.07, 6.45) is 3.47. The molecule has 0 heterocycles. The molecule has 0 saturated heterocycles. The number of hydrogen-bond donors (Lipinski definition) is 1. The van der Waals surface area contributed by atoms with E-state index in [1.807, 2.05) is 6.07 Å². The van der Waals surface area contributed by atoms with Gasteiger partial charge in [0.25, 0.3) is 0 Å². The van der Waals surface area contributed by atoms with Crippen LogP contribution in [0.3, 0.4) is 0 Å². The molecule has 0 atom stereocenters. The van der Waals surface area contributed by atoms with Crippen molar-refractivity contribution < 1.29 is 4.39 Å². The average Bonchev–Trinajstić information content (AvgIpc) is 3.20. The van der Waals surface area contributed by atoms with Crippen LogP contribution in [0, 0.1) is 5.82 Å². The third-order valence-electron chi connectivity index (χ3n) is 4.37. The van der Waals surface area contributed by atoms with Crippen LogP contribution in [0.5, 0.6) is 0 Å². The van der Waals surface area contributed by atoms with Gasteiger partial charge in [0, 0.05) is 36.4 Å². The number of benzene rings is 1. The van der Waals surface area contributed by atoms with Crippen molar-refractivity contribution >= 4 is 5.69 Å². The molecule has 1 aromatic rings. The summed E-state index contributed by atoms with van der Waals surface area (Å²) in [7, 11) is 2.05. The van der Waals surface area contributed by atoms with E-state index in [1.165, 1.54) is 12.8 Å². The van der Waals surface area contributed by atoms with Crippen LogP contribution in [0.25, 0.3) is 0 Å². The molecule has 19 heavy (non-hydrogen) atoms. The van der Waals surface area contributed by atoms with Crippen molar-refractivity contribution in [2.75, 3.05) is 11.9 Å². The predicted molar refractivity (Wildman–Crippen MR) is 79.0 cm³/mol. The molecule has 0 radical (unpaired) electrons. The van der Waals surface area contributed by atoms with Gasteiger partial charge in [-0.05, 0) is 45.2 Å². The summed E-state index contributed by atoms with van der Waals surface area (Å²) in [5, 5.41) is 3.41. The van der Waals surface area contributed by atoms with Gasteiger partial charge in [-0.2, -0.15) is 0 Å². The third-order valence-corrected chi connectivity index (χ3v) is 4.37. The molecular formula is C16H25FN2. The van der Waals surface area contributed by atoms with Crippen LogP contribution < -0.4 is 10.2 Å². The molecule has 0 amide bonds. The summed E-state index contributed by atoms with van der Waals surface area (Å²) >= 11 is 0. The van der Waals surface area contributed by atoms with Gasteiger partial charge in [0.15, 0.2) is 0 Å². The standard InChI is InChI=1S/C16H25FN2/c1-5-16(2,3)19(4)15-8-6-7-14(17)13(15)11-18-12-9-10-12/h6-8,12,18H,5,9-11H2,1-4H3. The van der Waals surface area contributed by atoms with Gasteiger partial charge in [-0.3, -0.25) is 0 Å². The molecule has 0 bridgehead atoms. The third kappa shape index (κ3) is 3.27. The van der Waals surface area contributed by atoms with Crippen LogP contribution in [0.15, 0.2) is 18.2 Å². The second-order valence-corrected chi connectivity index (χ2v) is 6.12. The lowest BCUT2D eigenvalue weighted by Gasteiger charge is -2.38. The molecule has 1 aromatic carbocycles. The second-order valence-electron chi connectivity index (χ2n) is 6.12. The zero-order valence-corrected chi connectivity index (χ0v) is 12.5. The van der Waals surface area contributed by atoms with Crippen molar-refractivity contribution in [3.8, 4) is 0 Å². The van der Waals surface area contributed by atoms with Crippen molar-refractivity contribution in [3.05, 3.63) is 29.6 Å². The first-order valence-electron chi connectivity index (χ1n) is 7.20. The Balaban J connectivity index is 2.24. The number of nitrogens with zero attached hydrogens (tertiary/aromatic N) is 1. The highest BCUT2D eigenvalue weighted by atomic mass is 19.1. The summed E-state index contributed by atoms with van der Waals surface area (Å²) < 4.78 is 14.1. The van der Waals surface area contributed by atoms with E-state index in [2.05, 4.69) is 38.0 Å². The van der Waals surface area contributed by atoms with Crippen LogP contribution in [-0.2, 0) is 6.54 Å². The maximum atomic E-state index is 14.1. The van der Waals surface area contributed by atoms with Gasteiger partial charge in [-0.1, -0.05) is 13.0 Å². The monoisotopic (exact) mass is 264 g/mol. The molecule has 2 rings (SSSR count). The maximum absolute atomic E-state index is 14.1. The van der Waals surface area contributed by atoms with Gasteiger partial charge in [0.2, 0.25) is 0 Å². The second kappa shape index (κ2) is 5.49. The molecule has 1 aliphatic rings. The molecule has 1 N–H and O–H groups in total. The quantitative estimate of drug-likeness (QED) is 0.842. The average molecular weight is 264 g/mol. The first-order chi connectivity index (χ1) is 8.95. The minimum atomic E-state index is -0.107. The highest BCUT2D eigenvalue weighted by molar-refractivity contribution is 5.55. The van der Waals surface area contributed by atoms with Crippen molar-refractivity contribution in [2.24, 2.45) is 0 Å². The van der Waals surface area contributed by atoms with E-state index >= 15 is 0 Å². The minimum Gasteiger partial charge on any atom is -0.369 e. The van der Waals surface area contributed by atoms with Crippen LogP contribution >= 0.6 is 0 Å². The number of nitrogens with one attached hydrogen (secondary N) is 1. The zero-order valence-electron chi connectivity index (χ0n) is 12.5. The fraction of sp³-hybridized carbons (Fsp3) is 0.625. The van der Waals surface area contributed by atoms with Crippen LogP contribution in [0.1, 0.15) is 45.6 Å². The van der Waals surface area contributed by atoms with Gasteiger partial charge >= 0.3 is 0 Å². The first kappa shape index (κ1) is 14.3. The summed E-state index contributed by atoms with van der Waals surface area (Å²) in [6, 6.07) is 5.97. The lowest BCUT2D eigenvalue weighted by atomic mass is 9.97. The first-order valence-corrected chi connectivity index (χ1v) is 7.20. The van der Waals surface area contributed by atoms with E-state index in [9.17, 15) is 4.39 Å². The highest BCUT2D eigenvalue weighted by Crippen LogP contribution is 2.30. The fourth-order valence-electron chi connectivity index (χ4n) is 2.13. The Bertz CT molecular complexity index is 438. The predicted octanol–water partition coefficient (Wildman–Crippen LogP) is 3.70. The summed E-state index contributed by atoms with van der Waals surface area (Å²) in [5.74, 6) is -0.107. The van der Waals surface area contributed by atoms with Gasteiger partial charge < -0.3 is 10.2 Å². The largest absolute Gasteiger partial charge is 0.369 e. The summed E-state index contributed by atoms with van der Waals surface area (Å²) in [6.45, 7) is 7.17. The molecule has 106 valence electrons. The lowest BCUT2D eigenvalue weighted by molar-refractivity contribution is 0.467. The van der Waals surface area contributed by atoms with Crippen LogP contribution in [-0.4, -0.2) is 18.6 Å². The zero-order chi connectivity index (χ0) is 14.0. The Labute approximate surface area is 116 Å². The topological polar surface area (TPSA) is 15.3 Å². The maximum Gasteiger partial charge on any atom is 0.129 e. The van der Waals surface area contributed by atoms with Crippen molar-refractivity contribution in [1.29, 1.82) is 0 Å². The number of rotatable bonds is 6. The number of hydrogen-bond acceptors (Lipinski definition) is 2. The Morgan fingerprint density at radius 1 is 1.37 bits per heavy atom. The van der Waals surface area contributed by atoms with E-state index in [-0.39, 0.29) is 11.4 Å². The molecule has 1 saturated carbocycles. The molecule has 0 spiro atoms. The van der Waals surface area contributed by atoms with Crippen LogP contribution in [0.2, 0.25) is 0 Å². The van der Waals surface area contributed by atoms with E-state index < -0.39 is 0 Å². The van der Waals surface area contributed by atoms with Gasteiger partial charge in [0.05, 0.1) is 0 Å². The Morgan fingerprint density at radius 2 is 2.05 bits per heavy atom. The minimum absolute atomic E-state index is 0.0299. The Hall–Kier alpha value is -1.09. The normalized spacial score (nSPS) is 15.6.